The fourth-order valence-corrected chi connectivity index (χ4v) is 4.21. The molecule has 8 heteroatoms. The van der Waals surface area contributed by atoms with Gasteiger partial charge in [0.05, 0.1) is 0 Å². The normalized spacial score (nSPS) is 16.6. The zero-order valence-electron chi connectivity index (χ0n) is 18.9. The summed E-state index contributed by atoms with van der Waals surface area (Å²) in [5, 5.41) is 2.89. The van der Waals surface area contributed by atoms with Gasteiger partial charge in [-0.05, 0) is 60.6 Å². The molecule has 1 N–H and O–H groups in total. The number of rotatable bonds is 7. The van der Waals surface area contributed by atoms with Crippen LogP contribution in [0.15, 0.2) is 48.8 Å². The van der Waals surface area contributed by atoms with Crippen molar-refractivity contribution in [2.24, 2.45) is 0 Å². The van der Waals surface area contributed by atoms with Gasteiger partial charge in [-0.3, -0.25) is 19.5 Å². The molecule has 0 unspecified atom stereocenters. The average molecular weight is 462 g/mol. The number of pyridine rings is 1. The van der Waals surface area contributed by atoms with Gasteiger partial charge in [0.15, 0.2) is 0 Å². The Bertz CT molecular complexity index is 926. The maximum absolute atomic E-state index is 13.7. The Kier molecular flexibility index (Phi) is 8.10. The Morgan fingerprint density at radius 1 is 1.03 bits per heavy atom. The van der Waals surface area contributed by atoms with E-state index in [1.54, 1.807) is 12.1 Å². The van der Waals surface area contributed by atoms with Crippen LogP contribution in [0.3, 0.4) is 0 Å². The molecule has 33 heavy (non-hydrogen) atoms. The first-order chi connectivity index (χ1) is 15.7. The first-order valence-corrected chi connectivity index (χ1v) is 11.4. The number of hydrogen-bond acceptors (Lipinski definition) is 3. The summed E-state index contributed by atoms with van der Waals surface area (Å²) in [5.41, 5.74) is 1.24. The number of carbonyl (C=O) groups is 2. The highest BCUT2D eigenvalue weighted by Gasteiger charge is 2.47. The summed E-state index contributed by atoms with van der Waals surface area (Å²) in [6.45, 7) is 4.04. The van der Waals surface area contributed by atoms with Crippen molar-refractivity contribution in [3.63, 3.8) is 0 Å². The molecular weight excluding hydrogens is 431 g/mol. The molecule has 2 atom stereocenters. The molecule has 0 aliphatic heterocycles. The van der Waals surface area contributed by atoms with Crippen molar-refractivity contribution in [1.82, 2.24) is 10.3 Å². The van der Waals surface area contributed by atoms with Crippen LogP contribution in [0.1, 0.15) is 75.5 Å². The maximum Gasteiger partial charge on any atom is 0.471 e. The quantitative estimate of drug-likeness (QED) is 0.577. The monoisotopic (exact) mass is 461 g/mol. The van der Waals surface area contributed by atoms with Gasteiger partial charge < -0.3 is 5.32 Å². The van der Waals surface area contributed by atoms with E-state index in [-0.39, 0.29) is 23.2 Å². The Morgan fingerprint density at radius 3 is 2.18 bits per heavy atom. The highest BCUT2D eigenvalue weighted by atomic mass is 19.4. The minimum atomic E-state index is -5.15. The number of hydrogen-bond donors (Lipinski definition) is 1. The summed E-state index contributed by atoms with van der Waals surface area (Å²) in [6, 6.07) is 7.72. The highest BCUT2D eigenvalue weighted by Crippen LogP contribution is 2.34. The lowest BCUT2D eigenvalue weighted by Crippen LogP contribution is -2.50. The number of anilines is 1. The van der Waals surface area contributed by atoms with E-state index in [0.29, 0.717) is 4.90 Å². The van der Waals surface area contributed by atoms with Crippen molar-refractivity contribution in [2.45, 2.75) is 76.6 Å². The second-order valence-electron chi connectivity index (χ2n) is 8.60. The van der Waals surface area contributed by atoms with Crippen molar-refractivity contribution in [2.75, 3.05) is 4.90 Å². The summed E-state index contributed by atoms with van der Waals surface area (Å²) in [5.74, 6) is -2.49. The molecule has 1 aliphatic rings. The molecule has 0 radical (unpaired) electrons. The first kappa shape index (κ1) is 24.7. The van der Waals surface area contributed by atoms with Crippen LogP contribution in [0, 0.1) is 0 Å². The summed E-state index contributed by atoms with van der Waals surface area (Å²) in [6.07, 6.45) is 3.04. The van der Waals surface area contributed by atoms with E-state index in [0.717, 1.165) is 44.1 Å². The van der Waals surface area contributed by atoms with Crippen molar-refractivity contribution < 1.29 is 22.8 Å². The summed E-state index contributed by atoms with van der Waals surface area (Å²) in [4.78, 5) is 30.5. The van der Waals surface area contributed by atoms with Gasteiger partial charge in [-0.15, -0.1) is 0 Å². The van der Waals surface area contributed by atoms with Crippen molar-refractivity contribution in [3.05, 3.63) is 59.9 Å². The first-order valence-electron chi connectivity index (χ1n) is 11.4. The topological polar surface area (TPSA) is 62.3 Å². The summed E-state index contributed by atoms with van der Waals surface area (Å²) in [7, 11) is 0. The molecule has 1 aromatic heterocycles. The summed E-state index contributed by atoms with van der Waals surface area (Å²) < 4.78 is 41.1. The molecule has 178 valence electrons. The number of alkyl halides is 3. The predicted octanol–water partition coefficient (Wildman–Crippen LogP) is 5.68. The Balaban J connectivity index is 2.05. The van der Waals surface area contributed by atoms with Gasteiger partial charge in [0.2, 0.25) is 5.91 Å². The lowest BCUT2D eigenvalue weighted by molar-refractivity contribution is -0.171. The predicted molar refractivity (Wildman–Crippen MR) is 121 cm³/mol. The van der Waals surface area contributed by atoms with Crippen molar-refractivity contribution >= 4 is 17.5 Å². The van der Waals surface area contributed by atoms with Crippen LogP contribution in [0.4, 0.5) is 18.9 Å². The Hall–Kier alpha value is -2.90. The molecule has 1 saturated carbocycles. The molecule has 5 nitrogen and oxygen atoms in total. The number of amides is 2. The van der Waals surface area contributed by atoms with E-state index < -0.39 is 24.0 Å². The van der Waals surface area contributed by atoms with Crippen LogP contribution in [0.2, 0.25) is 0 Å². The maximum atomic E-state index is 13.7. The molecule has 1 heterocycles. The second kappa shape index (κ2) is 10.8. The van der Waals surface area contributed by atoms with Crippen LogP contribution >= 0.6 is 0 Å². The average Bonchev–Trinajstić information content (AvgIpc) is 2.82. The van der Waals surface area contributed by atoms with E-state index >= 15 is 0 Å². The number of nitrogens with one attached hydrogen (secondary N) is 1. The molecule has 1 aromatic carbocycles. The summed E-state index contributed by atoms with van der Waals surface area (Å²) >= 11 is 0. The third-order valence-corrected chi connectivity index (χ3v) is 6.29. The third kappa shape index (κ3) is 6.12. The Labute approximate surface area is 192 Å². The molecular formula is C25H30F3N3O2. The minimum Gasteiger partial charge on any atom is -0.351 e. The van der Waals surface area contributed by atoms with Gasteiger partial charge in [-0.25, -0.2) is 0 Å². The second-order valence-corrected chi connectivity index (χ2v) is 8.60. The van der Waals surface area contributed by atoms with Gasteiger partial charge in [0, 0.05) is 24.1 Å². The lowest BCUT2D eigenvalue weighted by Gasteiger charge is -2.33. The molecule has 3 rings (SSSR count). The molecule has 0 saturated heterocycles. The molecule has 2 amide bonds. The molecule has 2 aromatic rings. The SMILES string of the molecule is CC[C@H](C)c1ccc(N(C(=O)C(F)(F)F)[C@@H](C(=O)NC2CCCCC2)c2ccncc2)cc1. The minimum absolute atomic E-state index is 0.0185. The molecule has 1 fully saturated rings. The van der Waals surface area contributed by atoms with Gasteiger partial charge in [0.25, 0.3) is 0 Å². The van der Waals surface area contributed by atoms with Crippen LogP contribution in [0.5, 0.6) is 0 Å². The lowest BCUT2D eigenvalue weighted by atomic mass is 9.94. The number of halogens is 3. The van der Waals surface area contributed by atoms with E-state index in [1.807, 2.05) is 13.8 Å². The van der Waals surface area contributed by atoms with Crippen LogP contribution in [-0.2, 0) is 9.59 Å². The van der Waals surface area contributed by atoms with E-state index in [4.69, 9.17) is 0 Å². The van der Waals surface area contributed by atoms with Gasteiger partial charge in [-0.2, -0.15) is 13.2 Å². The molecule has 0 spiro atoms. The molecule has 1 aliphatic carbocycles. The standard InChI is InChI=1S/C25H30F3N3O2/c1-3-17(2)18-9-11-21(12-10-18)31(24(33)25(26,27)28)22(19-13-15-29-16-14-19)23(32)30-20-7-5-4-6-8-20/h9-17,20,22H,3-8H2,1-2H3,(H,30,32)/t17-,22+/m0/s1. The zero-order chi connectivity index (χ0) is 24.0. The smallest absolute Gasteiger partial charge is 0.351 e. The van der Waals surface area contributed by atoms with Gasteiger partial charge in [-0.1, -0.05) is 45.2 Å². The van der Waals surface area contributed by atoms with E-state index in [9.17, 15) is 22.8 Å². The number of carbonyl (C=O) groups excluding carboxylic acids is 2. The van der Waals surface area contributed by atoms with Crippen LogP contribution < -0.4 is 10.2 Å². The van der Waals surface area contributed by atoms with Crippen molar-refractivity contribution in [3.8, 4) is 0 Å². The van der Waals surface area contributed by atoms with E-state index in [1.165, 1.54) is 36.7 Å². The number of benzene rings is 1. The van der Waals surface area contributed by atoms with Crippen LogP contribution in [-0.4, -0.2) is 29.0 Å². The van der Waals surface area contributed by atoms with Gasteiger partial charge in [0.1, 0.15) is 6.04 Å². The number of nitrogens with zero attached hydrogens (tertiary/aromatic N) is 2. The Morgan fingerprint density at radius 2 is 1.64 bits per heavy atom. The van der Waals surface area contributed by atoms with E-state index in [2.05, 4.69) is 10.3 Å². The highest BCUT2D eigenvalue weighted by molar-refractivity contribution is 6.03. The van der Waals surface area contributed by atoms with Crippen molar-refractivity contribution in [1.29, 1.82) is 0 Å². The van der Waals surface area contributed by atoms with Gasteiger partial charge >= 0.3 is 12.1 Å². The zero-order valence-corrected chi connectivity index (χ0v) is 18.9. The fraction of sp³-hybridized carbons (Fsp3) is 0.480. The van der Waals surface area contributed by atoms with Crippen LogP contribution in [0.25, 0.3) is 0 Å². The fourth-order valence-electron chi connectivity index (χ4n) is 4.21. The third-order valence-electron chi connectivity index (χ3n) is 6.29. The largest absolute Gasteiger partial charge is 0.471 e. The molecule has 0 bridgehead atoms. The number of aromatic nitrogens is 1.